The molecule has 0 aliphatic carbocycles. The van der Waals surface area contributed by atoms with Crippen LogP contribution in [0.4, 0.5) is 16.0 Å². The highest BCUT2D eigenvalue weighted by Crippen LogP contribution is 2.20. The minimum atomic E-state index is -3.95. The molecule has 2 N–H and O–H groups in total. The van der Waals surface area contributed by atoms with Crippen LogP contribution in [-0.4, -0.2) is 47.0 Å². The number of H-pyrrole nitrogens is 1. The molecule has 13 heteroatoms. The Kier molecular flexibility index (Phi) is 7.48. The predicted molar refractivity (Wildman–Crippen MR) is 138 cm³/mol. The van der Waals surface area contributed by atoms with Gasteiger partial charge in [0, 0.05) is 11.9 Å². The number of aromatic nitrogens is 4. The molecule has 196 valence electrons. The fourth-order valence-electron chi connectivity index (χ4n) is 3.60. The predicted octanol–water partition coefficient (Wildman–Crippen LogP) is 3.06. The Morgan fingerprint density at radius 2 is 1.82 bits per heavy atom. The van der Waals surface area contributed by atoms with Crippen molar-refractivity contribution in [2.75, 3.05) is 11.8 Å². The van der Waals surface area contributed by atoms with Gasteiger partial charge in [-0.3, -0.25) is 19.7 Å². The molecule has 0 spiro atoms. The van der Waals surface area contributed by atoms with Gasteiger partial charge in [0.15, 0.2) is 0 Å². The van der Waals surface area contributed by atoms with E-state index in [9.17, 15) is 22.4 Å². The van der Waals surface area contributed by atoms with Gasteiger partial charge in [-0.25, -0.2) is 32.2 Å². The summed E-state index contributed by atoms with van der Waals surface area (Å²) in [6, 6.07) is 12.5. The maximum absolute atomic E-state index is 13.4. The number of carbonyl (C=O) groups excluding carboxylic acids is 1. The zero-order chi connectivity index (χ0) is 27.4. The molecule has 4 rings (SSSR count). The number of methoxy groups -OCH3 is 1. The van der Waals surface area contributed by atoms with Crippen LogP contribution in [0.25, 0.3) is 5.69 Å². The molecule has 0 saturated carbocycles. The van der Waals surface area contributed by atoms with Gasteiger partial charge in [-0.05, 0) is 68.4 Å². The zero-order valence-corrected chi connectivity index (χ0v) is 21.4. The normalized spacial score (nSPS) is 11.8. The number of carbonyl (C=O) groups is 1. The van der Waals surface area contributed by atoms with E-state index in [1.807, 2.05) is 0 Å². The minimum absolute atomic E-state index is 0.0362. The van der Waals surface area contributed by atoms with E-state index in [2.05, 4.69) is 24.8 Å². The van der Waals surface area contributed by atoms with E-state index in [0.717, 1.165) is 0 Å². The number of anilines is 1. The lowest BCUT2D eigenvalue weighted by molar-refractivity contribution is -0.139. The van der Waals surface area contributed by atoms with Crippen molar-refractivity contribution in [3.8, 4) is 5.69 Å². The third-order valence-electron chi connectivity index (χ3n) is 5.43. The zero-order valence-electron chi connectivity index (χ0n) is 20.6. The van der Waals surface area contributed by atoms with E-state index in [-0.39, 0.29) is 34.2 Å². The number of aliphatic imine (C=N–C) groups is 1. The standard InChI is InChI=1S/C25H23FN6O5S/c1-15-12-13-27-25(28-15)31-38(35,36)20-10-6-18(7-11-20)29-16(2)23-21(14-22(33)37-3)30-32(24(23)34)19-8-4-17(26)5-9-19/h4-13,30H,14H2,1-3H3,(H,27,28,31). The molecular formula is C25H23FN6O5S. The molecule has 0 radical (unpaired) electrons. The number of nitrogens with zero attached hydrogens (tertiary/aromatic N) is 4. The van der Waals surface area contributed by atoms with Crippen molar-refractivity contribution in [3.05, 3.63) is 93.9 Å². The molecular weight excluding hydrogens is 515 g/mol. The van der Waals surface area contributed by atoms with Crippen LogP contribution in [0.2, 0.25) is 0 Å². The van der Waals surface area contributed by atoms with Crippen LogP contribution in [0, 0.1) is 12.7 Å². The maximum atomic E-state index is 13.4. The van der Waals surface area contributed by atoms with Gasteiger partial charge in [0.2, 0.25) is 5.95 Å². The quantitative estimate of drug-likeness (QED) is 0.259. The smallest absolute Gasteiger partial charge is 0.311 e. The number of nitrogens with one attached hydrogen (secondary N) is 2. The lowest BCUT2D eigenvalue weighted by atomic mass is 10.1. The second kappa shape index (κ2) is 10.8. The highest BCUT2D eigenvalue weighted by Gasteiger charge is 2.21. The first-order chi connectivity index (χ1) is 18.1. The number of aryl methyl sites for hydroxylation is 1. The number of hydrogen-bond acceptors (Lipinski definition) is 8. The Balaban J connectivity index is 1.66. The summed E-state index contributed by atoms with van der Waals surface area (Å²) in [5.41, 5.74) is 1.50. The molecule has 4 aromatic rings. The Hall–Kier alpha value is -4.65. The third-order valence-corrected chi connectivity index (χ3v) is 6.77. The second-order valence-corrected chi connectivity index (χ2v) is 9.84. The molecule has 0 atom stereocenters. The number of rotatable bonds is 8. The van der Waals surface area contributed by atoms with Gasteiger partial charge in [0.1, 0.15) is 5.82 Å². The van der Waals surface area contributed by atoms with E-state index in [1.54, 1.807) is 19.9 Å². The van der Waals surface area contributed by atoms with Crippen LogP contribution in [0.5, 0.6) is 0 Å². The molecule has 2 aromatic carbocycles. The SMILES string of the molecule is COC(=O)Cc1[nH]n(-c2ccc(F)cc2)c(=O)c1C(C)=Nc1ccc(S(=O)(=O)Nc2nccc(C)n2)cc1. The van der Waals surface area contributed by atoms with Gasteiger partial charge in [0.05, 0.1) is 46.8 Å². The summed E-state index contributed by atoms with van der Waals surface area (Å²) in [5.74, 6) is -1.09. The van der Waals surface area contributed by atoms with Crippen molar-refractivity contribution in [1.29, 1.82) is 0 Å². The molecule has 0 bridgehead atoms. The number of benzene rings is 2. The largest absolute Gasteiger partial charge is 0.469 e. The summed E-state index contributed by atoms with van der Waals surface area (Å²) in [6.07, 6.45) is 1.21. The second-order valence-electron chi connectivity index (χ2n) is 8.15. The summed E-state index contributed by atoms with van der Waals surface area (Å²) in [7, 11) is -2.72. The molecule has 0 aliphatic rings. The molecule has 0 unspecified atom stereocenters. The van der Waals surface area contributed by atoms with Crippen molar-refractivity contribution >= 4 is 33.3 Å². The van der Waals surface area contributed by atoms with E-state index < -0.39 is 27.4 Å². The highest BCUT2D eigenvalue weighted by atomic mass is 32.2. The van der Waals surface area contributed by atoms with Gasteiger partial charge >= 0.3 is 5.97 Å². The highest BCUT2D eigenvalue weighted by molar-refractivity contribution is 7.92. The number of sulfonamides is 1. The topological polar surface area (TPSA) is 148 Å². The van der Waals surface area contributed by atoms with Crippen molar-refractivity contribution in [1.82, 2.24) is 19.7 Å². The molecule has 0 fully saturated rings. The van der Waals surface area contributed by atoms with Crippen LogP contribution < -0.4 is 10.3 Å². The summed E-state index contributed by atoms with van der Waals surface area (Å²) in [5, 5.41) is 2.87. The molecule has 0 saturated heterocycles. The summed E-state index contributed by atoms with van der Waals surface area (Å²) in [4.78, 5) is 37.6. The average Bonchev–Trinajstić information content (AvgIpc) is 3.20. The number of hydrogen-bond donors (Lipinski definition) is 2. The third kappa shape index (κ3) is 5.83. The summed E-state index contributed by atoms with van der Waals surface area (Å²) >= 11 is 0. The van der Waals surface area contributed by atoms with Gasteiger partial charge in [0.25, 0.3) is 15.6 Å². The summed E-state index contributed by atoms with van der Waals surface area (Å²) in [6.45, 7) is 3.30. The van der Waals surface area contributed by atoms with Crippen LogP contribution in [-0.2, 0) is 26.0 Å². The first-order valence-electron chi connectivity index (χ1n) is 11.2. The van der Waals surface area contributed by atoms with E-state index in [4.69, 9.17) is 4.74 Å². The van der Waals surface area contributed by atoms with Crippen molar-refractivity contribution in [2.24, 2.45) is 4.99 Å². The lowest BCUT2D eigenvalue weighted by Crippen LogP contribution is -2.20. The molecule has 0 amide bonds. The number of ether oxygens (including phenoxy) is 1. The molecule has 0 aliphatic heterocycles. The Morgan fingerprint density at radius 3 is 2.45 bits per heavy atom. The van der Waals surface area contributed by atoms with Gasteiger partial charge in [-0.15, -0.1) is 0 Å². The van der Waals surface area contributed by atoms with E-state index in [1.165, 1.54) is 66.5 Å². The molecule has 11 nitrogen and oxygen atoms in total. The number of halogens is 1. The van der Waals surface area contributed by atoms with Crippen molar-refractivity contribution in [2.45, 2.75) is 25.2 Å². The Bertz CT molecular complexity index is 1680. The maximum Gasteiger partial charge on any atom is 0.311 e. The first kappa shape index (κ1) is 26.4. The monoisotopic (exact) mass is 538 g/mol. The Morgan fingerprint density at radius 1 is 1.13 bits per heavy atom. The molecule has 38 heavy (non-hydrogen) atoms. The number of esters is 1. The lowest BCUT2D eigenvalue weighted by Gasteiger charge is -2.07. The van der Waals surface area contributed by atoms with Crippen molar-refractivity contribution in [3.63, 3.8) is 0 Å². The molecule has 2 heterocycles. The van der Waals surface area contributed by atoms with Crippen LogP contribution in [0.3, 0.4) is 0 Å². The number of aromatic amines is 1. The average molecular weight is 539 g/mol. The van der Waals surface area contributed by atoms with Gasteiger partial charge < -0.3 is 4.74 Å². The van der Waals surface area contributed by atoms with Gasteiger partial charge in [-0.2, -0.15) is 0 Å². The van der Waals surface area contributed by atoms with E-state index >= 15 is 0 Å². The summed E-state index contributed by atoms with van der Waals surface area (Å²) < 4.78 is 47.0. The first-order valence-corrected chi connectivity index (χ1v) is 12.7. The van der Waals surface area contributed by atoms with E-state index in [0.29, 0.717) is 17.1 Å². The minimum Gasteiger partial charge on any atom is -0.469 e. The fraction of sp³-hybridized carbons (Fsp3) is 0.160. The van der Waals surface area contributed by atoms with Gasteiger partial charge in [-0.1, -0.05) is 0 Å². The van der Waals surface area contributed by atoms with Crippen LogP contribution in [0.1, 0.15) is 23.9 Å². The molecule has 2 aromatic heterocycles. The van der Waals surface area contributed by atoms with Crippen molar-refractivity contribution < 1.29 is 22.3 Å². The van der Waals surface area contributed by atoms with Crippen LogP contribution >= 0.6 is 0 Å². The Labute approximate surface area is 217 Å². The van der Waals surface area contributed by atoms with Crippen LogP contribution in [0.15, 0.2) is 75.5 Å². The fourth-order valence-corrected chi connectivity index (χ4v) is 4.55.